The first-order valence-corrected chi connectivity index (χ1v) is 5.97. The summed E-state index contributed by atoms with van der Waals surface area (Å²) in [4.78, 5) is 2.36. The minimum atomic E-state index is 0.430. The zero-order valence-electron chi connectivity index (χ0n) is 10.7. The lowest BCUT2D eigenvalue weighted by Crippen LogP contribution is -2.52. The first-order chi connectivity index (χ1) is 7.06. The molecule has 0 saturated carbocycles. The number of hydrogen-bond acceptors (Lipinski definition) is 3. The molecule has 0 aromatic carbocycles. The van der Waals surface area contributed by atoms with Crippen LogP contribution in [0.5, 0.6) is 0 Å². The molecule has 1 heterocycles. The molecule has 15 heavy (non-hydrogen) atoms. The lowest BCUT2D eigenvalue weighted by molar-refractivity contribution is 0.114. The van der Waals surface area contributed by atoms with Crippen LogP contribution in [0.25, 0.3) is 0 Å². The monoisotopic (exact) mass is 214 g/mol. The van der Waals surface area contributed by atoms with Gasteiger partial charge in [-0.15, -0.1) is 0 Å². The number of likely N-dealkylation sites (N-methyl/N-ethyl adjacent to an activating group) is 1. The van der Waals surface area contributed by atoms with E-state index >= 15 is 0 Å². The molecule has 0 aromatic heterocycles. The molecule has 1 fully saturated rings. The Labute approximate surface area is 94.2 Å². The Balaban J connectivity index is 2.34. The highest BCUT2D eigenvalue weighted by Crippen LogP contribution is 2.30. The van der Waals surface area contributed by atoms with Crippen molar-refractivity contribution in [1.29, 1.82) is 0 Å². The molecular weight excluding hydrogens is 188 g/mol. The van der Waals surface area contributed by atoms with E-state index < -0.39 is 0 Å². The molecule has 0 radical (unpaired) electrons. The molecular formula is C12H26N2O. The van der Waals surface area contributed by atoms with E-state index in [9.17, 15) is 0 Å². The van der Waals surface area contributed by atoms with Crippen LogP contribution in [0.15, 0.2) is 0 Å². The third kappa shape index (κ3) is 4.09. The van der Waals surface area contributed by atoms with Gasteiger partial charge in [0.15, 0.2) is 0 Å². The molecule has 3 nitrogen and oxygen atoms in total. The molecule has 0 spiro atoms. The standard InChI is InChI=1S/C12H26N2O/c1-12(2)6-5-7-13-11(12)10-14(3)8-9-15-4/h11,13H,5-10H2,1-4H3. The van der Waals surface area contributed by atoms with Crippen molar-refractivity contribution in [1.82, 2.24) is 10.2 Å². The summed E-state index contributed by atoms with van der Waals surface area (Å²) in [5.41, 5.74) is 0.430. The van der Waals surface area contributed by atoms with Gasteiger partial charge in [-0.25, -0.2) is 0 Å². The number of methoxy groups -OCH3 is 1. The molecule has 0 aliphatic carbocycles. The van der Waals surface area contributed by atoms with Crippen LogP contribution in [0.1, 0.15) is 26.7 Å². The Morgan fingerprint density at radius 1 is 1.47 bits per heavy atom. The highest BCUT2D eigenvalue weighted by atomic mass is 16.5. The molecule has 1 saturated heterocycles. The van der Waals surface area contributed by atoms with Crippen LogP contribution in [0, 0.1) is 5.41 Å². The van der Waals surface area contributed by atoms with E-state index in [1.54, 1.807) is 7.11 Å². The molecule has 0 bridgehead atoms. The average Bonchev–Trinajstić information content (AvgIpc) is 2.18. The van der Waals surface area contributed by atoms with Gasteiger partial charge in [-0.1, -0.05) is 13.8 Å². The van der Waals surface area contributed by atoms with Crippen LogP contribution in [0.2, 0.25) is 0 Å². The topological polar surface area (TPSA) is 24.5 Å². The highest BCUT2D eigenvalue weighted by molar-refractivity contribution is 4.89. The van der Waals surface area contributed by atoms with Gasteiger partial charge in [-0.05, 0) is 31.8 Å². The van der Waals surface area contributed by atoms with Gasteiger partial charge in [-0.2, -0.15) is 0 Å². The van der Waals surface area contributed by atoms with Crippen LogP contribution in [0.3, 0.4) is 0 Å². The van der Waals surface area contributed by atoms with E-state index in [1.807, 2.05) is 0 Å². The molecule has 1 N–H and O–H groups in total. The fraction of sp³-hybridized carbons (Fsp3) is 1.00. The summed E-state index contributed by atoms with van der Waals surface area (Å²) in [7, 11) is 3.93. The molecule has 1 aliphatic heterocycles. The number of nitrogens with zero attached hydrogens (tertiary/aromatic N) is 1. The van der Waals surface area contributed by atoms with Gasteiger partial charge in [0.2, 0.25) is 0 Å². The van der Waals surface area contributed by atoms with Crippen molar-refractivity contribution in [3.05, 3.63) is 0 Å². The summed E-state index contributed by atoms with van der Waals surface area (Å²) < 4.78 is 5.09. The summed E-state index contributed by atoms with van der Waals surface area (Å²) in [6.07, 6.45) is 2.65. The van der Waals surface area contributed by atoms with Gasteiger partial charge in [0.1, 0.15) is 0 Å². The molecule has 90 valence electrons. The van der Waals surface area contributed by atoms with Gasteiger partial charge in [0, 0.05) is 26.2 Å². The van der Waals surface area contributed by atoms with Crippen LogP contribution >= 0.6 is 0 Å². The number of hydrogen-bond donors (Lipinski definition) is 1. The van der Waals surface area contributed by atoms with Gasteiger partial charge in [0.25, 0.3) is 0 Å². The van der Waals surface area contributed by atoms with Crippen molar-refractivity contribution < 1.29 is 4.74 Å². The van der Waals surface area contributed by atoms with E-state index in [1.165, 1.54) is 19.4 Å². The van der Waals surface area contributed by atoms with E-state index in [4.69, 9.17) is 4.74 Å². The van der Waals surface area contributed by atoms with Crippen molar-refractivity contribution in [3.63, 3.8) is 0 Å². The lowest BCUT2D eigenvalue weighted by Gasteiger charge is -2.41. The smallest absolute Gasteiger partial charge is 0.0589 e. The Kier molecular flexibility index (Phi) is 5.03. The lowest BCUT2D eigenvalue weighted by atomic mass is 9.77. The predicted molar refractivity (Wildman–Crippen MR) is 64.2 cm³/mol. The van der Waals surface area contributed by atoms with Crippen molar-refractivity contribution in [2.24, 2.45) is 5.41 Å². The van der Waals surface area contributed by atoms with E-state index in [-0.39, 0.29) is 0 Å². The maximum atomic E-state index is 5.09. The molecule has 1 aliphatic rings. The zero-order chi connectivity index (χ0) is 11.3. The average molecular weight is 214 g/mol. The fourth-order valence-electron chi connectivity index (χ4n) is 2.23. The Bertz CT molecular complexity index is 182. The maximum absolute atomic E-state index is 5.09. The first kappa shape index (κ1) is 12.9. The molecule has 0 amide bonds. The van der Waals surface area contributed by atoms with Gasteiger partial charge in [-0.3, -0.25) is 0 Å². The molecule has 1 rings (SSSR count). The van der Waals surface area contributed by atoms with Crippen LogP contribution in [0.4, 0.5) is 0 Å². The SMILES string of the molecule is COCCN(C)CC1NCCCC1(C)C. The van der Waals surface area contributed by atoms with Crippen LogP contribution in [-0.2, 0) is 4.74 Å². The Morgan fingerprint density at radius 2 is 2.20 bits per heavy atom. The Morgan fingerprint density at radius 3 is 2.80 bits per heavy atom. The number of nitrogens with one attached hydrogen (secondary N) is 1. The first-order valence-electron chi connectivity index (χ1n) is 5.97. The van der Waals surface area contributed by atoms with Crippen LogP contribution in [-0.4, -0.2) is 51.3 Å². The zero-order valence-corrected chi connectivity index (χ0v) is 10.7. The molecule has 1 atom stereocenters. The normalized spacial score (nSPS) is 25.8. The molecule has 3 heteroatoms. The Hall–Kier alpha value is -0.120. The number of piperidine rings is 1. The second-order valence-corrected chi connectivity index (χ2v) is 5.35. The second kappa shape index (κ2) is 5.83. The second-order valence-electron chi connectivity index (χ2n) is 5.35. The van der Waals surface area contributed by atoms with Crippen molar-refractivity contribution >= 4 is 0 Å². The molecule has 1 unspecified atom stereocenters. The number of rotatable bonds is 5. The fourth-order valence-corrected chi connectivity index (χ4v) is 2.23. The summed E-state index contributed by atoms with van der Waals surface area (Å²) >= 11 is 0. The summed E-state index contributed by atoms with van der Waals surface area (Å²) in [5, 5.41) is 3.63. The van der Waals surface area contributed by atoms with Crippen molar-refractivity contribution in [3.8, 4) is 0 Å². The third-order valence-corrected chi connectivity index (χ3v) is 3.50. The predicted octanol–water partition coefficient (Wildman–Crippen LogP) is 1.34. The van der Waals surface area contributed by atoms with Gasteiger partial charge >= 0.3 is 0 Å². The van der Waals surface area contributed by atoms with Gasteiger partial charge in [0.05, 0.1) is 6.61 Å². The van der Waals surface area contributed by atoms with E-state index in [0.29, 0.717) is 11.5 Å². The number of ether oxygens (including phenoxy) is 1. The largest absolute Gasteiger partial charge is 0.383 e. The maximum Gasteiger partial charge on any atom is 0.0589 e. The minimum absolute atomic E-state index is 0.430. The summed E-state index contributed by atoms with van der Waals surface area (Å²) in [5.74, 6) is 0. The highest BCUT2D eigenvalue weighted by Gasteiger charge is 2.32. The quantitative estimate of drug-likeness (QED) is 0.747. The van der Waals surface area contributed by atoms with E-state index in [2.05, 4.69) is 31.1 Å². The van der Waals surface area contributed by atoms with Crippen LogP contribution < -0.4 is 5.32 Å². The van der Waals surface area contributed by atoms with Crippen molar-refractivity contribution in [2.45, 2.75) is 32.7 Å². The summed E-state index contributed by atoms with van der Waals surface area (Å²) in [6.45, 7) is 8.87. The van der Waals surface area contributed by atoms with Crippen molar-refractivity contribution in [2.75, 3.05) is 40.4 Å². The summed E-state index contributed by atoms with van der Waals surface area (Å²) in [6, 6.07) is 0.619. The van der Waals surface area contributed by atoms with E-state index in [0.717, 1.165) is 19.7 Å². The van der Waals surface area contributed by atoms with Gasteiger partial charge < -0.3 is 15.0 Å². The third-order valence-electron chi connectivity index (χ3n) is 3.50. The molecule has 0 aromatic rings. The minimum Gasteiger partial charge on any atom is -0.383 e.